The van der Waals surface area contributed by atoms with Crippen molar-refractivity contribution in [3.63, 3.8) is 0 Å². The summed E-state index contributed by atoms with van der Waals surface area (Å²) in [6.45, 7) is 6.49. The van der Waals surface area contributed by atoms with Gasteiger partial charge in [0, 0.05) is 19.3 Å². The van der Waals surface area contributed by atoms with Gasteiger partial charge in [0.2, 0.25) is 0 Å². The van der Waals surface area contributed by atoms with Crippen LogP contribution in [0.15, 0.2) is 36.5 Å². The molecule has 290 valence electrons. The van der Waals surface area contributed by atoms with Crippen LogP contribution >= 0.6 is 0 Å². The predicted molar refractivity (Wildman–Crippen MR) is 210 cm³/mol. The fraction of sp³-hybridized carbons (Fsp3) is 0.795. The van der Waals surface area contributed by atoms with Crippen LogP contribution in [0.25, 0.3) is 0 Å². The maximum absolute atomic E-state index is 12.6. The first-order valence-corrected chi connectivity index (χ1v) is 21.0. The molecule has 50 heavy (non-hydrogen) atoms. The normalized spacial score (nSPS) is 12.3. The number of unbranched alkanes of at least 4 members (excludes halogenated alkanes) is 21. The molecule has 0 saturated heterocycles. The minimum atomic E-state index is -0.782. The largest absolute Gasteiger partial charge is 0.462 e. The van der Waals surface area contributed by atoms with E-state index in [0.717, 1.165) is 77.0 Å². The van der Waals surface area contributed by atoms with E-state index in [9.17, 15) is 14.4 Å². The van der Waals surface area contributed by atoms with Gasteiger partial charge in [0.15, 0.2) is 6.10 Å². The van der Waals surface area contributed by atoms with E-state index in [4.69, 9.17) is 14.2 Å². The Morgan fingerprint density at radius 1 is 0.400 bits per heavy atom. The van der Waals surface area contributed by atoms with E-state index >= 15 is 0 Å². The third-order valence-electron chi connectivity index (χ3n) is 8.90. The zero-order valence-electron chi connectivity index (χ0n) is 32.9. The van der Waals surface area contributed by atoms with Crippen molar-refractivity contribution in [3.8, 4) is 0 Å². The van der Waals surface area contributed by atoms with Crippen LogP contribution in [0.5, 0.6) is 0 Å². The minimum Gasteiger partial charge on any atom is -0.462 e. The third-order valence-corrected chi connectivity index (χ3v) is 8.90. The first kappa shape index (κ1) is 47.6. The van der Waals surface area contributed by atoms with Gasteiger partial charge in [0.25, 0.3) is 0 Å². The molecule has 0 rings (SSSR count). The van der Waals surface area contributed by atoms with Crippen molar-refractivity contribution >= 4 is 17.9 Å². The number of ether oxygens (including phenoxy) is 3. The molecule has 0 saturated carbocycles. The SMILES string of the molecule is CCCC/C=C\C=C/CCCCCC(=O)OC(COC(=O)CCCCCCC/C=C\CCCCC)COC(=O)CCCCCCCCCCC. The first-order chi connectivity index (χ1) is 24.5. The Balaban J connectivity index is 4.42. The van der Waals surface area contributed by atoms with Crippen LogP contribution in [-0.4, -0.2) is 37.2 Å². The highest BCUT2D eigenvalue weighted by Gasteiger charge is 2.19. The van der Waals surface area contributed by atoms with Gasteiger partial charge in [-0.05, 0) is 64.2 Å². The Kier molecular flexibility index (Phi) is 37.5. The second-order valence-corrected chi connectivity index (χ2v) is 13.9. The van der Waals surface area contributed by atoms with Crippen LogP contribution in [0.3, 0.4) is 0 Å². The Labute approximate surface area is 308 Å². The molecule has 1 unspecified atom stereocenters. The van der Waals surface area contributed by atoms with Gasteiger partial charge < -0.3 is 14.2 Å². The Bertz CT molecular complexity index is 861. The van der Waals surface area contributed by atoms with Crippen molar-refractivity contribution in [2.45, 2.75) is 213 Å². The molecule has 0 aromatic heterocycles. The van der Waals surface area contributed by atoms with Gasteiger partial charge in [-0.25, -0.2) is 0 Å². The van der Waals surface area contributed by atoms with E-state index < -0.39 is 6.10 Å². The highest BCUT2D eigenvalue weighted by molar-refractivity contribution is 5.71. The zero-order valence-corrected chi connectivity index (χ0v) is 32.9. The second kappa shape index (κ2) is 39.4. The van der Waals surface area contributed by atoms with Crippen molar-refractivity contribution in [1.82, 2.24) is 0 Å². The summed E-state index contributed by atoms with van der Waals surface area (Å²) in [7, 11) is 0. The zero-order chi connectivity index (χ0) is 36.6. The summed E-state index contributed by atoms with van der Waals surface area (Å²) < 4.78 is 16.6. The molecule has 0 spiro atoms. The second-order valence-electron chi connectivity index (χ2n) is 13.9. The van der Waals surface area contributed by atoms with Gasteiger partial charge in [0.05, 0.1) is 0 Å². The molecule has 0 aromatic carbocycles. The van der Waals surface area contributed by atoms with Crippen LogP contribution in [0.1, 0.15) is 207 Å². The van der Waals surface area contributed by atoms with E-state index in [0.29, 0.717) is 19.3 Å². The molecule has 0 bridgehead atoms. The molecule has 0 radical (unpaired) electrons. The van der Waals surface area contributed by atoms with Crippen molar-refractivity contribution in [1.29, 1.82) is 0 Å². The lowest BCUT2D eigenvalue weighted by atomic mass is 10.1. The van der Waals surface area contributed by atoms with Gasteiger partial charge in [0.1, 0.15) is 13.2 Å². The average Bonchev–Trinajstić information content (AvgIpc) is 3.11. The summed E-state index contributed by atoms with van der Waals surface area (Å²) in [5, 5.41) is 0. The first-order valence-electron chi connectivity index (χ1n) is 21.0. The number of rotatable bonds is 37. The molecule has 0 aliphatic rings. The van der Waals surface area contributed by atoms with E-state index in [1.807, 2.05) is 0 Å². The van der Waals surface area contributed by atoms with Crippen LogP contribution in [0, 0.1) is 0 Å². The monoisotopic (exact) mass is 703 g/mol. The molecule has 0 aromatic rings. The molecule has 0 fully saturated rings. The maximum Gasteiger partial charge on any atom is 0.306 e. The molecule has 6 heteroatoms. The van der Waals surface area contributed by atoms with Crippen LogP contribution in [-0.2, 0) is 28.6 Å². The van der Waals surface area contributed by atoms with Crippen LogP contribution in [0.4, 0.5) is 0 Å². The molecule has 0 amide bonds. The minimum absolute atomic E-state index is 0.0844. The number of esters is 3. The summed E-state index contributed by atoms with van der Waals surface area (Å²) in [6.07, 6.45) is 42.7. The van der Waals surface area contributed by atoms with Gasteiger partial charge in [-0.15, -0.1) is 0 Å². The van der Waals surface area contributed by atoms with Crippen LogP contribution < -0.4 is 0 Å². The lowest BCUT2D eigenvalue weighted by molar-refractivity contribution is -0.167. The number of allylic oxidation sites excluding steroid dienone is 6. The van der Waals surface area contributed by atoms with E-state index in [2.05, 4.69) is 57.2 Å². The average molecular weight is 703 g/mol. The van der Waals surface area contributed by atoms with Gasteiger partial charge in [-0.2, -0.15) is 0 Å². The van der Waals surface area contributed by atoms with Crippen molar-refractivity contribution in [2.24, 2.45) is 0 Å². The van der Waals surface area contributed by atoms with Gasteiger partial charge in [-0.3, -0.25) is 14.4 Å². The molecule has 0 heterocycles. The van der Waals surface area contributed by atoms with E-state index in [1.165, 1.54) is 89.9 Å². The summed E-state index contributed by atoms with van der Waals surface area (Å²) in [6, 6.07) is 0. The van der Waals surface area contributed by atoms with Crippen molar-refractivity contribution in [2.75, 3.05) is 13.2 Å². The van der Waals surface area contributed by atoms with Gasteiger partial charge in [-0.1, -0.05) is 160 Å². The highest BCUT2D eigenvalue weighted by atomic mass is 16.6. The molecule has 6 nitrogen and oxygen atoms in total. The lowest BCUT2D eigenvalue weighted by Gasteiger charge is -2.18. The Hall–Kier alpha value is -2.37. The molecular formula is C44H78O6. The Morgan fingerprint density at radius 3 is 1.24 bits per heavy atom. The van der Waals surface area contributed by atoms with Gasteiger partial charge >= 0.3 is 17.9 Å². The van der Waals surface area contributed by atoms with Crippen molar-refractivity contribution in [3.05, 3.63) is 36.5 Å². The fourth-order valence-corrected chi connectivity index (χ4v) is 5.65. The molecule has 0 aliphatic heterocycles. The standard InChI is InChI=1S/C44H78O6/c1-4-7-10-13-16-19-21-23-25-28-31-34-37-43(46)49-40-41(39-48-42(45)36-33-30-27-24-18-15-12-9-6-3)50-44(47)38-35-32-29-26-22-20-17-14-11-8-5-2/h14,16-17,19-20,22,41H,4-13,15,18,21,23-40H2,1-3H3/b17-14-,19-16-,22-20-. The lowest BCUT2D eigenvalue weighted by Crippen LogP contribution is -2.30. The fourth-order valence-electron chi connectivity index (χ4n) is 5.65. The third kappa shape index (κ3) is 36.9. The summed E-state index contributed by atoms with van der Waals surface area (Å²) >= 11 is 0. The number of hydrogen-bond acceptors (Lipinski definition) is 6. The van der Waals surface area contributed by atoms with Crippen LogP contribution in [0.2, 0.25) is 0 Å². The maximum atomic E-state index is 12.6. The number of carbonyl (C=O) groups excluding carboxylic acids is 3. The van der Waals surface area contributed by atoms with Crippen molar-refractivity contribution < 1.29 is 28.6 Å². The van der Waals surface area contributed by atoms with E-state index in [1.54, 1.807) is 0 Å². The summed E-state index contributed by atoms with van der Waals surface area (Å²) in [5.41, 5.74) is 0. The number of hydrogen-bond donors (Lipinski definition) is 0. The smallest absolute Gasteiger partial charge is 0.306 e. The molecular weight excluding hydrogens is 624 g/mol. The highest BCUT2D eigenvalue weighted by Crippen LogP contribution is 2.13. The number of carbonyl (C=O) groups is 3. The van der Waals surface area contributed by atoms with E-state index in [-0.39, 0.29) is 31.1 Å². The summed E-state index contributed by atoms with van der Waals surface area (Å²) in [5.74, 6) is -0.929. The Morgan fingerprint density at radius 2 is 0.740 bits per heavy atom. The molecule has 1 atom stereocenters. The predicted octanol–water partition coefficient (Wildman–Crippen LogP) is 13.0. The summed E-state index contributed by atoms with van der Waals surface area (Å²) in [4.78, 5) is 37.5. The molecule has 0 N–H and O–H groups in total. The topological polar surface area (TPSA) is 78.9 Å². The molecule has 0 aliphatic carbocycles. The quantitative estimate of drug-likeness (QED) is 0.0211.